The van der Waals surface area contributed by atoms with Crippen LogP contribution in [-0.4, -0.2) is 47.0 Å². The maximum absolute atomic E-state index is 12.5. The van der Waals surface area contributed by atoms with E-state index in [4.69, 9.17) is 14.2 Å². The molecule has 6 nitrogen and oxygen atoms in total. The van der Waals surface area contributed by atoms with Crippen molar-refractivity contribution in [2.45, 2.75) is 31.0 Å². The number of aliphatic hydroxyl groups is 1. The Morgan fingerprint density at radius 1 is 0.963 bits per heavy atom. The first-order chi connectivity index (χ1) is 13.1. The minimum Gasteiger partial charge on any atom is -0.455 e. The van der Waals surface area contributed by atoms with E-state index in [-0.39, 0.29) is 6.42 Å². The standard InChI is InChI=1S/C20H19BrO6/c21-12-16-18(27-20(24)14-9-5-2-6-10-14)15(11-17(22)25-16)26-19(23)13-7-3-1-4-8-13/h1-10,15-18,22H,11-12H2/t15-,16+,17-,18+/m1/s1. The highest BCUT2D eigenvalue weighted by Gasteiger charge is 2.43. The van der Waals surface area contributed by atoms with Gasteiger partial charge in [0.25, 0.3) is 0 Å². The van der Waals surface area contributed by atoms with Crippen LogP contribution in [0.15, 0.2) is 60.7 Å². The second kappa shape index (κ2) is 9.12. The van der Waals surface area contributed by atoms with Gasteiger partial charge in [-0.3, -0.25) is 0 Å². The average Bonchev–Trinajstić information content (AvgIpc) is 2.70. The van der Waals surface area contributed by atoms with Gasteiger partial charge < -0.3 is 19.3 Å². The smallest absolute Gasteiger partial charge is 0.338 e. The number of rotatable bonds is 5. The average molecular weight is 435 g/mol. The first kappa shape index (κ1) is 19.5. The number of ether oxygens (including phenoxy) is 3. The van der Waals surface area contributed by atoms with Crippen molar-refractivity contribution in [2.24, 2.45) is 0 Å². The van der Waals surface area contributed by atoms with Crippen molar-refractivity contribution in [3.8, 4) is 0 Å². The van der Waals surface area contributed by atoms with E-state index in [1.54, 1.807) is 60.7 Å². The molecule has 0 bridgehead atoms. The molecule has 4 atom stereocenters. The molecule has 2 aromatic rings. The lowest BCUT2D eigenvalue weighted by Gasteiger charge is -2.38. The van der Waals surface area contributed by atoms with Gasteiger partial charge in [0, 0.05) is 11.8 Å². The van der Waals surface area contributed by atoms with Gasteiger partial charge >= 0.3 is 11.9 Å². The quantitative estimate of drug-likeness (QED) is 0.575. The van der Waals surface area contributed by atoms with E-state index in [0.717, 1.165) is 0 Å². The molecule has 1 saturated heterocycles. The third kappa shape index (κ3) is 4.94. The highest BCUT2D eigenvalue weighted by Crippen LogP contribution is 2.27. The van der Waals surface area contributed by atoms with Crippen molar-refractivity contribution in [1.82, 2.24) is 0 Å². The number of hydrogen-bond acceptors (Lipinski definition) is 6. The predicted molar refractivity (Wildman–Crippen MR) is 101 cm³/mol. The summed E-state index contributed by atoms with van der Waals surface area (Å²) in [5, 5.41) is 10.3. The zero-order valence-electron chi connectivity index (χ0n) is 14.4. The van der Waals surface area contributed by atoms with Crippen LogP contribution in [0, 0.1) is 0 Å². The number of alkyl halides is 1. The Morgan fingerprint density at radius 2 is 1.48 bits per heavy atom. The molecule has 0 saturated carbocycles. The van der Waals surface area contributed by atoms with Gasteiger partial charge in [0.15, 0.2) is 12.4 Å². The summed E-state index contributed by atoms with van der Waals surface area (Å²) in [5.74, 6) is -1.10. The zero-order valence-corrected chi connectivity index (χ0v) is 15.9. The van der Waals surface area contributed by atoms with Crippen LogP contribution in [0.1, 0.15) is 27.1 Å². The molecule has 0 amide bonds. The van der Waals surface area contributed by atoms with Crippen LogP contribution in [0.4, 0.5) is 0 Å². The van der Waals surface area contributed by atoms with Crippen LogP contribution in [0.25, 0.3) is 0 Å². The van der Waals surface area contributed by atoms with E-state index in [2.05, 4.69) is 15.9 Å². The molecule has 0 unspecified atom stereocenters. The Morgan fingerprint density at radius 3 is 2.00 bits per heavy atom. The molecule has 0 aliphatic carbocycles. The Hall–Kier alpha value is -2.22. The predicted octanol–water partition coefficient (Wildman–Crippen LogP) is 2.94. The lowest BCUT2D eigenvalue weighted by atomic mass is 10.0. The van der Waals surface area contributed by atoms with Gasteiger partial charge in [-0.05, 0) is 24.3 Å². The number of halogens is 1. The maximum atomic E-state index is 12.5. The van der Waals surface area contributed by atoms with Crippen molar-refractivity contribution < 1.29 is 28.9 Å². The van der Waals surface area contributed by atoms with Crippen LogP contribution in [0.3, 0.4) is 0 Å². The van der Waals surface area contributed by atoms with Gasteiger partial charge in [0.2, 0.25) is 0 Å². The molecule has 142 valence electrons. The van der Waals surface area contributed by atoms with Crippen LogP contribution in [-0.2, 0) is 14.2 Å². The highest BCUT2D eigenvalue weighted by molar-refractivity contribution is 9.09. The number of benzene rings is 2. The lowest BCUT2D eigenvalue weighted by molar-refractivity contribution is -0.225. The molecule has 0 spiro atoms. The fourth-order valence-electron chi connectivity index (χ4n) is 2.84. The SMILES string of the molecule is O=C(O[C@@H]1[C@H](CBr)O[C@@H](O)C[C@H]1OC(=O)c1ccccc1)c1ccccc1. The molecule has 7 heteroatoms. The molecular formula is C20H19BrO6. The maximum Gasteiger partial charge on any atom is 0.338 e. The van der Waals surface area contributed by atoms with Crippen LogP contribution < -0.4 is 0 Å². The first-order valence-electron chi connectivity index (χ1n) is 8.50. The number of carbonyl (C=O) groups excluding carboxylic acids is 2. The van der Waals surface area contributed by atoms with Crippen LogP contribution in [0.2, 0.25) is 0 Å². The monoisotopic (exact) mass is 434 g/mol. The van der Waals surface area contributed by atoms with Crippen molar-refractivity contribution in [2.75, 3.05) is 5.33 Å². The van der Waals surface area contributed by atoms with Crippen molar-refractivity contribution >= 4 is 27.9 Å². The molecule has 1 heterocycles. The van der Waals surface area contributed by atoms with Gasteiger partial charge in [-0.25, -0.2) is 9.59 Å². The van der Waals surface area contributed by atoms with Crippen molar-refractivity contribution in [3.05, 3.63) is 71.8 Å². The largest absolute Gasteiger partial charge is 0.455 e. The summed E-state index contributed by atoms with van der Waals surface area (Å²) >= 11 is 3.30. The van der Waals surface area contributed by atoms with Crippen molar-refractivity contribution in [1.29, 1.82) is 0 Å². The number of hydrogen-bond donors (Lipinski definition) is 1. The third-order valence-corrected chi connectivity index (χ3v) is 4.81. The summed E-state index contributed by atoms with van der Waals surface area (Å²) in [7, 11) is 0. The Kier molecular flexibility index (Phi) is 6.60. The molecule has 0 aromatic heterocycles. The zero-order chi connectivity index (χ0) is 19.2. The number of carbonyl (C=O) groups is 2. The normalized spacial score (nSPS) is 24.8. The summed E-state index contributed by atoms with van der Waals surface area (Å²) in [6.07, 6.45) is -3.46. The fraction of sp³-hybridized carbons (Fsp3) is 0.300. The second-order valence-electron chi connectivity index (χ2n) is 6.06. The molecular weight excluding hydrogens is 416 g/mol. The minimum absolute atomic E-state index is 0.00874. The van der Waals surface area contributed by atoms with E-state index in [0.29, 0.717) is 16.5 Å². The molecule has 1 aliphatic heterocycles. The van der Waals surface area contributed by atoms with Gasteiger partial charge in [0.05, 0.1) is 11.1 Å². The van der Waals surface area contributed by atoms with Crippen molar-refractivity contribution in [3.63, 3.8) is 0 Å². The first-order valence-corrected chi connectivity index (χ1v) is 9.62. The topological polar surface area (TPSA) is 82.1 Å². The Labute approximate surface area is 165 Å². The summed E-state index contributed by atoms with van der Waals surface area (Å²) < 4.78 is 16.6. The third-order valence-electron chi connectivity index (χ3n) is 4.17. The van der Waals surface area contributed by atoms with Crippen LogP contribution >= 0.6 is 15.9 Å². The highest BCUT2D eigenvalue weighted by atomic mass is 79.9. The van der Waals surface area contributed by atoms with Gasteiger partial charge in [-0.15, -0.1) is 0 Å². The molecule has 2 aromatic carbocycles. The van der Waals surface area contributed by atoms with Gasteiger partial charge in [-0.1, -0.05) is 52.3 Å². The van der Waals surface area contributed by atoms with Gasteiger partial charge in [0.1, 0.15) is 12.2 Å². The molecule has 1 fully saturated rings. The second-order valence-corrected chi connectivity index (χ2v) is 6.71. The van der Waals surface area contributed by atoms with E-state index < -0.39 is 36.5 Å². The number of esters is 2. The summed E-state index contributed by atoms with van der Waals surface area (Å²) in [6, 6.07) is 17.0. The van der Waals surface area contributed by atoms with E-state index in [9.17, 15) is 14.7 Å². The minimum atomic E-state index is -1.12. The number of aliphatic hydroxyl groups excluding tert-OH is 1. The molecule has 1 aliphatic rings. The lowest BCUT2D eigenvalue weighted by Crippen LogP contribution is -2.52. The Balaban J connectivity index is 1.77. The van der Waals surface area contributed by atoms with Crippen LogP contribution in [0.5, 0.6) is 0 Å². The fourth-order valence-corrected chi connectivity index (χ4v) is 3.36. The summed E-state index contributed by atoms with van der Waals surface area (Å²) in [4.78, 5) is 24.9. The van der Waals surface area contributed by atoms with Gasteiger partial charge in [-0.2, -0.15) is 0 Å². The summed E-state index contributed by atoms with van der Waals surface area (Å²) in [6.45, 7) is 0. The summed E-state index contributed by atoms with van der Waals surface area (Å²) in [5.41, 5.74) is 0.757. The molecule has 0 radical (unpaired) electrons. The molecule has 3 rings (SSSR count). The molecule has 27 heavy (non-hydrogen) atoms. The molecule has 1 N–H and O–H groups in total. The van der Waals surface area contributed by atoms with E-state index in [1.165, 1.54) is 0 Å². The van der Waals surface area contributed by atoms with E-state index in [1.807, 2.05) is 0 Å². The Bertz CT molecular complexity index is 767. The van der Waals surface area contributed by atoms with E-state index >= 15 is 0 Å².